The Bertz CT molecular complexity index is 1500. The highest BCUT2D eigenvalue weighted by Crippen LogP contribution is 2.36. The van der Waals surface area contributed by atoms with Crippen LogP contribution in [0.1, 0.15) is 35.9 Å². The van der Waals surface area contributed by atoms with E-state index in [1.807, 2.05) is 25.5 Å². The molecule has 0 bridgehead atoms. The molecule has 0 spiro atoms. The summed E-state index contributed by atoms with van der Waals surface area (Å²) >= 11 is 0. The highest BCUT2D eigenvalue weighted by atomic mass is 28.3. The number of hydrogen-bond donors (Lipinski definition) is 1. The molecule has 1 saturated carbocycles. The molecule has 1 fully saturated rings. The van der Waals surface area contributed by atoms with E-state index in [1.54, 1.807) is 4.57 Å². The van der Waals surface area contributed by atoms with Gasteiger partial charge in [-0.1, -0.05) is 19.6 Å². The summed E-state index contributed by atoms with van der Waals surface area (Å²) in [6, 6.07) is 5.24. The van der Waals surface area contributed by atoms with Gasteiger partial charge in [0.25, 0.3) is 5.91 Å². The zero-order valence-corrected chi connectivity index (χ0v) is 23.7. The molecule has 1 N–H and O–H groups in total. The normalized spacial score (nSPS) is 15.5. The van der Waals surface area contributed by atoms with Crippen molar-refractivity contribution in [3.05, 3.63) is 36.0 Å². The van der Waals surface area contributed by atoms with Crippen molar-refractivity contribution in [3.63, 3.8) is 0 Å². The second-order valence-corrected chi connectivity index (χ2v) is 17.3. The monoisotopic (exact) mass is 532 g/mol. The lowest BCUT2D eigenvalue weighted by Gasteiger charge is -2.18. The number of aromatic nitrogens is 6. The van der Waals surface area contributed by atoms with Gasteiger partial charge in [-0.3, -0.25) is 9.36 Å². The molecule has 6 rings (SSSR count). The lowest BCUT2D eigenvalue weighted by Crippen LogP contribution is -2.27. The summed E-state index contributed by atoms with van der Waals surface area (Å²) in [5.41, 5.74) is 5.33. The van der Waals surface area contributed by atoms with E-state index in [1.165, 1.54) is 18.4 Å². The predicted molar refractivity (Wildman–Crippen MR) is 151 cm³/mol. The maximum Gasteiger partial charge on any atom is 0.287 e. The van der Waals surface area contributed by atoms with Crippen LogP contribution in [0.2, 0.25) is 25.7 Å². The predicted octanol–water partition coefficient (Wildman–Crippen LogP) is 4.34. The summed E-state index contributed by atoms with van der Waals surface area (Å²) in [6.07, 6.45) is 7.25. The van der Waals surface area contributed by atoms with Gasteiger partial charge in [0.1, 0.15) is 23.6 Å². The number of carbonyl (C=O) groups is 1. The molecule has 2 aliphatic rings. The fourth-order valence-electron chi connectivity index (χ4n) is 4.95. The minimum absolute atomic E-state index is 0.222. The van der Waals surface area contributed by atoms with Crippen LogP contribution in [0.5, 0.6) is 0 Å². The van der Waals surface area contributed by atoms with Crippen LogP contribution >= 0.6 is 0 Å². The number of anilines is 2. The van der Waals surface area contributed by atoms with E-state index in [0.717, 1.165) is 54.1 Å². The number of amides is 1. The molecule has 1 aliphatic carbocycles. The number of imidazole rings is 2. The Morgan fingerprint density at radius 2 is 1.97 bits per heavy atom. The molecule has 1 amide bonds. The van der Waals surface area contributed by atoms with Gasteiger partial charge in [0.05, 0.1) is 18.2 Å². The van der Waals surface area contributed by atoms with Crippen molar-refractivity contribution in [3.8, 4) is 0 Å². The maximum absolute atomic E-state index is 12.8. The number of ether oxygens (including phenoxy) is 1. The molecule has 0 aromatic carbocycles. The average Bonchev–Trinajstić information content (AvgIpc) is 3.30. The van der Waals surface area contributed by atoms with Gasteiger partial charge in [-0.2, -0.15) is 0 Å². The molecule has 200 valence electrons. The van der Waals surface area contributed by atoms with Crippen molar-refractivity contribution in [2.45, 2.75) is 65.1 Å². The van der Waals surface area contributed by atoms with E-state index in [2.05, 4.69) is 45.5 Å². The summed E-state index contributed by atoms with van der Waals surface area (Å²) in [6.45, 7) is 12.1. The van der Waals surface area contributed by atoms with Gasteiger partial charge >= 0.3 is 0 Å². The lowest BCUT2D eigenvalue weighted by atomic mass is 10.2. The highest BCUT2D eigenvalue weighted by Gasteiger charge is 2.27. The van der Waals surface area contributed by atoms with Crippen LogP contribution in [-0.2, 0) is 24.4 Å². The molecular formula is C27H36N8O2Si. The van der Waals surface area contributed by atoms with Gasteiger partial charge in [-0.15, -0.1) is 0 Å². The van der Waals surface area contributed by atoms with Crippen LogP contribution in [0, 0.1) is 5.92 Å². The Morgan fingerprint density at radius 1 is 1.13 bits per heavy atom. The first kappa shape index (κ1) is 25.0. The van der Waals surface area contributed by atoms with Crippen LogP contribution in [0.4, 0.5) is 11.5 Å². The number of carbonyl (C=O) groups excluding carboxylic acids is 1. The minimum Gasteiger partial charge on any atom is -0.361 e. The number of nitrogens with one attached hydrogen (secondary N) is 1. The lowest BCUT2D eigenvalue weighted by molar-refractivity contribution is 0.0801. The Balaban J connectivity index is 1.31. The van der Waals surface area contributed by atoms with E-state index in [0.29, 0.717) is 30.1 Å². The number of nitrogens with zero attached hydrogens (tertiary/aromatic N) is 7. The Morgan fingerprint density at radius 3 is 2.74 bits per heavy atom. The fraction of sp³-hybridized carbons (Fsp3) is 0.519. The van der Waals surface area contributed by atoms with E-state index >= 15 is 0 Å². The molecule has 10 nitrogen and oxygen atoms in total. The van der Waals surface area contributed by atoms with E-state index in [-0.39, 0.29) is 12.6 Å². The first-order valence-electron chi connectivity index (χ1n) is 13.7. The molecule has 0 atom stereocenters. The van der Waals surface area contributed by atoms with Crippen LogP contribution in [0.3, 0.4) is 0 Å². The van der Waals surface area contributed by atoms with E-state index in [4.69, 9.17) is 19.7 Å². The van der Waals surface area contributed by atoms with Crippen LogP contribution in [0.25, 0.3) is 22.3 Å². The molecule has 4 aromatic heterocycles. The Labute approximate surface area is 223 Å². The van der Waals surface area contributed by atoms with Crippen LogP contribution in [-0.4, -0.2) is 62.7 Å². The topological polar surface area (TPSA) is 103 Å². The van der Waals surface area contributed by atoms with Crippen molar-refractivity contribution in [2.75, 3.05) is 24.6 Å². The minimum atomic E-state index is -1.22. The first-order chi connectivity index (χ1) is 18.3. The third-order valence-corrected chi connectivity index (χ3v) is 9.00. The first-order valence-corrected chi connectivity index (χ1v) is 17.4. The van der Waals surface area contributed by atoms with Gasteiger partial charge in [0, 0.05) is 34.3 Å². The zero-order valence-electron chi connectivity index (χ0n) is 22.7. The quantitative estimate of drug-likeness (QED) is 0.239. The van der Waals surface area contributed by atoms with Gasteiger partial charge in [-0.25, -0.2) is 19.9 Å². The molecule has 38 heavy (non-hydrogen) atoms. The molecule has 0 unspecified atom stereocenters. The third kappa shape index (κ3) is 4.92. The summed E-state index contributed by atoms with van der Waals surface area (Å²) in [4.78, 5) is 34.2. The Hall–Kier alpha value is -3.31. The Kier molecular flexibility index (Phi) is 6.43. The molecule has 4 aromatic rings. The number of hydrogen-bond acceptors (Lipinski definition) is 7. The van der Waals surface area contributed by atoms with Crippen molar-refractivity contribution in [1.82, 2.24) is 34.4 Å². The van der Waals surface area contributed by atoms with Crippen LogP contribution in [0.15, 0.2) is 24.7 Å². The summed E-state index contributed by atoms with van der Waals surface area (Å²) < 4.78 is 9.96. The largest absolute Gasteiger partial charge is 0.361 e. The number of rotatable bonds is 10. The van der Waals surface area contributed by atoms with Gasteiger partial charge < -0.3 is 19.5 Å². The van der Waals surface area contributed by atoms with Crippen molar-refractivity contribution in [1.29, 1.82) is 0 Å². The smallest absolute Gasteiger partial charge is 0.287 e. The second-order valence-electron chi connectivity index (χ2n) is 11.7. The number of fused-ring (bicyclic) bond motifs is 3. The highest BCUT2D eigenvalue weighted by molar-refractivity contribution is 6.76. The molecule has 1 aliphatic heterocycles. The molecular weight excluding hydrogens is 496 g/mol. The van der Waals surface area contributed by atoms with E-state index in [9.17, 15) is 4.79 Å². The van der Waals surface area contributed by atoms with Crippen molar-refractivity contribution >= 4 is 47.8 Å². The summed E-state index contributed by atoms with van der Waals surface area (Å²) in [5.74, 6) is 1.80. The zero-order chi connectivity index (χ0) is 26.4. The second kappa shape index (κ2) is 9.77. The SMILES string of the molecule is CCNC(=O)c1nc2cc(N3CCc4cc5ncn(CC6CC6)c5nc43)cnc2n1COCC[Si](C)(C)C. The third-order valence-electron chi connectivity index (χ3n) is 7.30. The molecule has 0 saturated heterocycles. The van der Waals surface area contributed by atoms with Gasteiger partial charge in [-0.05, 0) is 55.8 Å². The fourth-order valence-corrected chi connectivity index (χ4v) is 5.71. The summed E-state index contributed by atoms with van der Waals surface area (Å²) in [7, 11) is -1.22. The standard InChI is InChI=1S/C27H36N8O2Si/c1-5-28-27(36)26-31-22-13-20(14-29-24(22)35(26)17-37-10-11-38(2,3)4)34-9-8-19-12-21-25(32-23(19)34)33(16-30-21)15-18-6-7-18/h12-14,16,18H,5-11,15,17H2,1-4H3,(H,28,36). The molecule has 5 heterocycles. The maximum atomic E-state index is 12.8. The molecule has 11 heteroatoms. The van der Waals surface area contributed by atoms with E-state index < -0.39 is 8.07 Å². The van der Waals surface area contributed by atoms with Crippen molar-refractivity contribution < 1.29 is 9.53 Å². The molecule has 0 radical (unpaired) electrons. The number of pyridine rings is 2. The van der Waals surface area contributed by atoms with Crippen LogP contribution < -0.4 is 10.2 Å². The van der Waals surface area contributed by atoms with Gasteiger partial charge in [0.15, 0.2) is 11.3 Å². The van der Waals surface area contributed by atoms with Gasteiger partial charge in [0.2, 0.25) is 5.82 Å². The average molecular weight is 533 g/mol. The van der Waals surface area contributed by atoms with Crippen molar-refractivity contribution in [2.24, 2.45) is 5.92 Å². The summed E-state index contributed by atoms with van der Waals surface area (Å²) in [5, 5.41) is 2.87.